The van der Waals surface area contributed by atoms with Gasteiger partial charge in [-0.25, -0.2) is 9.37 Å². The van der Waals surface area contributed by atoms with Crippen molar-refractivity contribution >= 4 is 40.4 Å². The van der Waals surface area contributed by atoms with Crippen molar-refractivity contribution in [2.75, 3.05) is 5.32 Å². The van der Waals surface area contributed by atoms with Crippen molar-refractivity contribution in [1.29, 1.82) is 0 Å². The van der Waals surface area contributed by atoms with Crippen molar-refractivity contribution in [3.63, 3.8) is 0 Å². The van der Waals surface area contributed by atoms with Crippen LogP contribution in [0.1, 0.15) is 16.1 Å². The molecule has 3 N–H and O–H groups in total. The summed E-state index contributed by atoms with van der Waals surface area (Å²) in [5, 5.41) is 5.30. The Morgan fingerprint density at radius 2 is 2.04 bits per heavy atom. The van der Waals surface area contributed by atoms with Crippen LogP contribution in [-0.4, -0.2) is 16.8 Å². The monoisotopic (exact) mass is 389 g/mol. The molecule has 0 aliphatic rings. The molecule has 26 heavy (non-hydrogen) atoms. The van der Waals surface area contributed by atoms with Gasteiger partial charge in [-0.05, 0) is 30.3 Å². The normalized spacial score (nSPS) is 10.5. The minimum Gasteiger partial charge on any atom is -0.366 e. The summed E-state index contributed by atoms with van der Waals surface area (Å²) in [6.07, 6.45) is 0.0168. The van der Waals surface area contributed by atoms with Gasteiger partial charge in [0, 0.05) is 16.5 Å². The van der Waals surface area contributed by atoms with E-state index in [1.54, 1.807) is 17.5 Å². The fourth-order valence-corrected chi connectivity index (χ4v) is 3.26. The third kappa shape index (κ3) is 4.25. The molecule has 0 radical (unpaired) electrons. The van der Waals surface area contributed by atoms with E-state index >= 15 is 0 Å². The molecule has 0 fully saturated rings. The van der Waals surface area contributed by atoms with E-state index in [4.69, 9.17) is 17.3 Å². The number of anilines is 1. The quantitative estimate of drug-likeness (QED) is 0.694. The van der Waals surface area contributed by atoms with Gasteiger partial charge in [0.15, 0.2) is 0 Å². The second-order valence-electron chi connectivity index (χ2n) is 5.44. The van der Waals surface area contributed by atoms with Gasteiger partial charge in [0.05, 0.1) is 22.8 Å². The minimum atomic E-state index is -0.614. The molecule has 0 unspecified atom stereocenters. The molecule has 0 aliphatic carbocycles. The first-order chi connectivity index (χ1) is 12.4. The standard InChI is InChI=1S/C18H13ClFN3O2S/c19-14-5-4-10(17(21)25)7-15(14)23-16(24)8-13-9-26-18(22-13)11-2-1-3-12(20)6-11/h1-7,9H,8H2,(H2,21,25)(H,23,24). The summed E-state index contributed by atoms with van der Waals surface area (Å²) in [5.74, 6) is -1.30. The van der Waals surface area contributed by atoms with Crippen molar-refractivity contribution in [3.8, 4) is 10.6 Å². The maximum Gasteiger partial charge on any atom is 0.248 e. The van der Waals surface area contributed by atoms with Crippen LogP contribution in [0.15, 0.2) is 47.8 Å². The summed E-state index contributed by atoms with van der Waals surface area (Å²) in [7, 11) is 0. The highest BCUT2D eigenvalue weighted by Crippen LogP contribution is 2.26. The number of aromatic nitrogens is 1. The maximum absolute atomic E-state index is 13.3. The van der Waals surface area contributed by atoms with Crippen LogP contribution in [0, 0.1) is 5.82 Å². The zero-order chi connectivity index (χ0) is 18.7. The Balaban J connectivity index is 1.71. The van der Waals surface area contributed by atoms with E-state index < -0.39 is 5.91 Å². The van der Waals surface area contributed by atoms with Crippen LogP contribution in [0.25, 0.3) is 10.6 Å². The molecule has 0 aliphatic heterocycles. The molecule has 132 valence electrons. The Kier molecular flexibility index (Phi) is 5.29. The van der Waals surface area contributed by atoms with Gasteiger partial charge >= 0.3 is 0 Å². The predicted octanol–water partition coefficient (Wildman–Crippen LogP) is 3.88. The summed E-state index contributed by atoms with van der Waals surface area (Å²) in [4.78, 5) is 27.8. The van der Waals surface area contributed by atoms with Gasteiger partial charge in [0.25, 0.3) is 0 Å². The number of rotatable bonds is 5. The summed E-state index contributed by atoms with van der Waals surface area (Å²) in [6.45, 7) is 0. The number of hydrogen-bond donors (Lipinski definition) is 2. The highest BCUT2D eigenvalue weighted by molar-refractivity contribution is 7.13. The predicted molar refractivity (Wildman–Crippen MR) is 99.8 cm³/mol. The molecule has 8 heteroatoms. The van der Waals surface area contributed by atoms with Crippen LogP contribution in [0.2, 0.25) is 5.02 Å². The van der Waals surface area contributed by atoms with Gasteiger partial charge in [0.2, 0.25) is 11.8 Å². The third-order valence-corrected chi connectivity index (χ3v) is 4.76. The van der Waals surface area contributed by atoms with E-state index in [1.165, 1.54) is 41.7 Å². The number of primary amides is 1. The number of amides is 2. The van der Waals surface area contributed by atoms with E-state index in [-0.39, 0.29) is 23.7 Å². The van der Waals surface area contributed by atoms with Crippen LogP contribution in [0.5, 0.6) is 0 Å². The van der Waals surface area contributed by atoms with Crippen molar-refractivity contribution in [2.24, 2.45) is 5.73 Å². The fraction of sp³-hybridized carbons (Fsp3) is 0.0556. The van der Waals surface area contributed by atoms with E-state index in [0.717, 1.165) is 0 Å². The van der Waals surface area contributed by atoms with E-state index in [2.05, 4.69) is 10.3 Å². The summed E-state index contributed by atoms with van der Waals surface area (Å²) < 4.78 is 13.3. The van der Waals surface area contributed by atoms with E-state index in [1.807, 2.05) is 0 Å². The Morgan fingerprint density at radius 3 is 2.77 bits per heavy atom. The third-order valence-electron chi connectivity index (χ3n) is 3.49. The van der Waals surface area contributed by atoms with Gasteiger partial charge in [0.1, 0.15) is 10.8 Å². The molecule has 1 aromatic heterocycles. The Morgan fingerprint density at radius 1 is 1.23 bits per heavy atom. The Labute approximate surface area is 157 Å². The van der Waals surface area contributed by atoms with Crippen LogP contribution >= 0.6 is 22.9 Å². The first kappa shape index (κ1) is 18.0. The van der Waals surface area contributed by atoms with Crippen LogP contribution in [-0.2, 0) is 11.2 Å². The topological polar surface area (TPSA) is 85.1 Å². The molecule has 3 rings (SSSR count). The molecule has 0 atom stereocenters. The van der Waals surface area contributed by atoms with Crippen LogP contribution < -0.4 is 11.1 Å². The number of carbonyl (C=O) groups excluding carboxylic acids is 2. The number of halogens is 2. The molecule has 0 spiro atoms. The lowest BCUT2D eigenvalue weighted by atomic mass is 10.2. The highest BCUT2D eigenvalue weighted by Gasteiger charge is 2.12. The van der Waals surface area contributed by atoms with Crippen molar-refractivity contribution in [1.82, 2.24) is 4.98 Å². The summed E-state index contributed by atoms with van der Waals surface area (Å²) >= 11 is 7.36. The van der Waals surface area contributed by atoms with Crippen molar-refractivity contribution < 1.29 is 14.0 Å². The van der Waals surface area contributed by atoms with Gasteiger partial charge in [-0.2, -0.15) is 0 Å². The van der Waals surface area contributed by atoms with Crippen molar-refractivity contribution in [2.45, 2.75) is 6.42 Å². The number of nitrogens with zero attached hydrogens (tertiary/aromatic N) is 1. The van der Waals surface area contributed by atoms with E-state index in [9.17, 15) is 14.0 Å². The zero-order valence-electron chi connectivity index (χ0n) is 13.3. The van der Waals surface area contributed by atoms with Gasteiger partial charge in [-0.1, -0.05) is 23.7 Å². The number of nitrogens with one attached hydrogen (secondary N) is 1. The maximum atomic E-state index is 13.3. The van der Waals surface area contributed by atoms with Gasteiger partial charge in [-0.3, -0.25) is 9.59 Å². The average Bonchev–Trinajstić information content (AvgIpc) is 3.05. The molecule has 1 heterocycles. The second kappa shape index (κ2) is 7.63. The molecule has 5 nitrogen and oxygen atoms in total. The Bertz CT molecular complexity index is 990. The minimum absolute atomic E-state index is 0.0168. The molecule has 2 aromatic carbocycles. The van der Waals surface area contributed by atoms with Crippen molar-refractivity contribution in [3.05, 3.63) is 69.9 Å². The second-order valence-corrected chi connectivity index (χ2v) is 6.70. The lowest BCUT2D eigenvalue weighted by Crippen LogP contribution is -2.16. The molecule has 0 saturated carbocycles. The molecular formula is C18H13ClFN3O2S. The molecule has 0 saturated heterocycles. The molecular weight excluding hydrogens is 377 g/mol. The number of benzene rings is 2. The fourth-order valence-electron chi connectivity index (χ4n) is 2.28. The zero-order valence-corrected chi connectivity index (χ0v) is 14.9. The molecule has 2 amide bonds. The molecule has 0 bridgehead atoms. The number of hydrogen-bond acceptors (Lipinski definition) is 4. The number of nitrogens with two attached hydrogens (primary N) is 1. The lowest BCUT2D eigenvalue weighted by molar-refractivity contribution is -0.115. The Hall–Kier alpha value is -2.77. The smallest absolute Gasteiger partial charge is 0.248 e. The van der Waals surface area contributed by atoms with Gasteiger partial charge < -0.3 is 11.1 Å². The first-order valence-corrected chi connectivity index (χ1v) is 8.77. The van der Waals surface area contributed by atoms with E-state index in [0.29, 0.717) is 27.0 Å². The van der Waals surface area contributed by atoms with Crippen LogP contribution in [0.4, 0.5) is 10.1 Å². The SMILES string of the molecule is NC(=O)c1ccc(Cl)c(NC(=O)Cc2csc(-c3cccc(F)c3)n2)c1. The first-order valence-electron chi connectivity index (χ1n) is 7.52. The largest absolute Gasteiger partial charge is 0.366 e. The lowest BCUT2D eigenvalue weighted by Gasteiger charge is -2.07. The highest BCUT2D eigenvalue weighted by atomic mass is 35.5. The number of carbonyl (C=O) groups is 2. The van der Waals surface area contributed by atoms with Crippen LogP contribution in [0.3, 0.4) is 0 Å². The average molecular weight is 390 g/mol. The van der Waals surface area contributed by atoms with Gasteiger partial charge in [-0.15, -0.1) is 11.3 Å². The number of thiazole rings is 1. The summed E-state index contributed by atoms with van der Waals surface area (Å²) in [6, 6.07) is 10.5. The summed E-state index contributed by atoms with van der Waals surface area (Å²) in [5.41, 5.74) is 6.97. The molecule has 3 aromatic rings.